The van der Waals surface area contributed by atoms with Crippen molar-refractivity contribution in [2.24, 2.45) is 5.92 Å². The van der Waals surface area contributed by atoms with Crippen molar-refractivity contribution in [2.75, 3.05) is 23.0 Å². The third-order valence-electron chi connectivity index (χ3n) is 9.94. The summed E-state index contributed by atoms with van der Waals surface area (Å²) in [7, 11) is -3.53. The summed E-state index contributed by atoms with van der Waals surface area (Å²) < 4.78 is 23.2. The van der Waals surface area contributed by atoms with Crippen LogP contribution in [0.1, 0.15) is 30.0 Å². The number of carbonyl (C=O) groups is 3. The largest absolute Gasteiger partial charge is 0.394 e. The minimum Gasteiger partial charge on any atom is -0.394 e. The van der Waals surface area contributed by atoms with Gasteiger partial charge in [0.05, 0.1) is 30.9 Å². The summed E-state index contributed by atoms with van der Waals surface area (Å²) in [5.41, 5.74) is 2.21. The Hall–Kier alpha value is -4.12. The van der Waals surface area contributed by atoms with Crippen LogP contribution in [-0.4, -0.2) is 61.9 Å². The van der Waals surface area contributed by atoms with Crippen LogP contribution in [0.15, 0.2) is 85.5 Å². The number of halogens is 1. The number of hydrogen-bond donors (Lipinski definition) is 1. The molecule has 1 spiro atoms. The molecule has 5 atom stereocenters. The minimum atomic E-state index is -3.53. The number of aliphatic hydroxyl groups is 1. The predicted octanol–water partition coefficient (Wildman–Crippen LogP) is 5.62. The van der Waals surface area contributed by atoms with E-state index in [0.717, 1.165) is 17.5 Å². The summed E-state index contributed by atoms with van der Waals surface area (Å²) in [6.45, 7) is 9.25. The van der Waals surface area contributed by atoms with Crippen molar-refractivity contribution in [3.8, 4) is 0 Å². The third-order valence-corrected chi connectivity index (χ3v) is 12.4. The van der Waals surface area contributed by atoms with Crippen LogP contribution in [0, 0.1) is 5.92 Å². The first-order chi connectivity index (χ1) is 22.0. The number of carbonyl (C=O) groups excluding carboxylic acids is 3. The lowest BCUT2D eigenvalue weighted by Crippen LogP contribution is -2.48. The van der Waals surface area contributed by atoms with Crippen molar-refractivity contribution in [2.45, 2.75) is 62.7 Å². The Labute approximate surface area is 270 Å². The molecule has 3 heterocycles. The van der Waals surface area contributed by atoms with E-state index >= 15 is 4.11 Å². The van der Waals surface area contributed by atoms with Gasteiger partial charge in [0, 0.05) is 41.5 Å². The van der Waals surface area contributed by atoms with Crippen molar-refractivity contribution in [1.29, 1.82) is 0 Å². The summed E-state index contributed by atoms with van der Waals surface area (Å²) in [5.74, 6) is -1.18. The van der Waals surface area contributed by atoms with E-state index in [1.807, 2.05) is 61.5 Å². The molecule has 0 radical (unpaired) electrons. The quantitative estimate of drug-likeness (QED) is 0.142. The molecule has 1 N–H and O–H groups in total. The third kappa shape index (κ3) is 5.18. The highest BCUT2D eigenvalue weighted by Crippen LogP contribution is 2.60. The molecule has 3 aliphatic rings. The summed E-state index contributed by atoms with van der Waals surface area (Å²) >= 11 is 0. The van der Waals surface area contributed by atoms with Crippen LogP contribution in [0.25, 0.3) is 0 Å². The SMILES string of the molecule is C=CCN1C(=O)[C@]2(O[C@H](CC(=O)N3Cc4ccccc4C[C@H]3CO)[C@@H]([Si](C)(C)F)[C@@H]2C)c2cc(N(C=O)c3ccccc3)ccc21. The number of aliphatic hydroxyl groups excluding tert-OH is 1. The van der Waals surface area contributed by atoms with Gasteiger partial charge < -0.3 is 23.8 Å². The van der Waals surface area contributed by atoms with Crippen LogP contribution >= 0.6 is 0 Å². The van der Waals surface area contributed by atoms with E-state index in [1.165, 1.54) is 4.90 Å². The van der Waals surface area contributed by atoms with Crippen LogP contribution in [0.3, 0.4) is 0 Å². The number of rotatable bonds is 9. The highest BCUT2D eigenvalue weighted by molar-refractivity contribution is 6.72. The molecular formula is C36H40FN3O5Si. The Morgan fingerprint density at radius 1 is 1.11 bits per heavy atom. The van der Waals surface area contributed by atoms with Gasteiger partial charge in [-0.25, -0.2) is 0 Å². The molecule has 1 fully saturated rings. The lowest BCUT2D eigenvalue weighted by Gasteiger charge is -2.37. The molecule has 240 valence electrons. The zero-order chi connectivity index (χ0) is 32.8. The number of para-hydroxylation sites is 1. The maximum Gasteiger partial charge on any atom is 0.264 e. The van der Waals surface area contributed by atoms with Gasteiger partial charge in [-0.05, 0) is 61.0 Å². The number of nitrogens with zero attached hydrogens (tertiary/aromatic N) is 3. The molecular weight excluding hydrogens is 601 g/mol. The molecule has 3 aromatic rings. The predicted molar refractivity (Wildman–Crippen MR) is 178 cm³/mol. The van der Waals surface area contributed by atoms with E-state index in [-0.39, 0.29) is 31.4 Å². The van der Waals surface area contributed by atoms with Crippen molar-refractivity contribution < 1.29 is 28.3 Å². The van der Waals surface area contributed by atoms with Crippen LogP contribution < -0.4 is 9.80 Å². The second kappa shape index (κ2) is 12.2. The normalized spacial score (nSPS) is 25.4. The van der Waals surface area contributed by atoms with E-state index in [0.29, 0.717) is 35.6 Å². The summed E-state index contributed by atoms with van der Waals surface area (Å²) in [4.78, 5) is 45.6. The molecule has 46 heavy (non-hydrogen) atoms. The van der Waals surface area contributed by atoms with Gasteiger partial charge >= 0.3 is 0 Å². The number of anilines is 3. The topological polar surface area (TPSA) is 90.4 Å². The Morgan fingerprint density at radius 2 is 1.80 bits per heavy atom. The Bertz CT molecular complexity index is 1660. The maximum absolute atomic E-state index is 16.4. The molecule has 6 rings (SSSR count). The van der Waals surface area contributed by atoms with Crippen LogP contribution in [0.5, 0.6) is 0 Å². The van der Waals surface area contributed by atoms with Gasteiger partial charge in [-0.1, -0.05) is 55.5 Å². The Kier molecular flexibility index (Phi) is 8.47. The number of fused-ring (bicyclic) bond motifs is 3. The van der Waals surface area contributed by atoms with E-state index in [9.17, 15) is 19.5 Å². The second-order valence-corrected chi connectivity index (χ2v) is 16.8. The fraction of sp³-hybridized carbons (Fsp3) is 0.361. The molecule has 1 saturated heterocycles. The van der Waals surface area contributed by atoms with Crippen molar-refractivity contribution in [1.82, 2.24) is 4.90 Å². The van der Waals surface area contributed by atoms with Gasteiger partial charge in [0.15, 0.2) is 5.60 Å². The smallest absolute Gasteiger partial charge is 0.264 e. The molecule has 8 nitrogen and oxygen atoms in total. The van der Waals surface area contributed by atoms with Gasteiger partial charge in [-0.15, -0.1) is 6.58 Å². The van der Waals surface area contributed by atoms with E-state index < -0.39 is 37.6 Å². The van der Waals surface area contributed by atoms with Gasteiger partial charge in [-0.3, -0.25) is 19.3 Å². The first-order valence-corrected chi connectivity index (χ1v) is 18.7. The molecule has 3 aromatic carbocycles. The average Bonchev–Trinajstić information content (AvgIpc) is 3.47. The highest BCUT2D eigenvalue weighted by atomic mass is 28.4. The van der Waals surface area contributed by atoms with Crippen molar-refractivity contribution in [3.05, 3.63) is 102 Å². The first kappa shape index (κ1) is 31.8. The highest BCUT2D eigenvalue weighted by Gasteiger charge is 2.67. The van der Waals surface area contributed by atoms with Crippen LogP contribution in [-0.2, 0) is 37.7 Å². The average molecular weight is 642 g/mol. The van der Waals surface area contributed by atoms with Gasteiger partial charge in [0.1, 0.15) is 0 Å². The number of hydrogen-bond acceptors (Lipinski definition) is 5. The number of ether oxygens (including phenoxy) is 1. The molecule has 0 saturated carbocycles. The van der Waals surface area contributed by atoms with Crippen molar-refractivity contribution in [3.63, 3.8) is 0 Å². The first-order valence-electron chi connectivity index (χ1n) is 15.8. The fourth-order valence-electron chi connectivity index (χ4n) is 7.89. The van der Waals surface area contributed by atoms with Crippen LogP contribution in [0.4, 0.5) is 21.2 Å². The summed E-state index contributed by atoms with van der Waals surface area (Å²) in [6.07, 6.45) is 1.88. The molecule has 3 amide bonds. The molecule has 0 unspecified atom stereocenters. The number of benzene rings is 3. The van der Waals surface area contributed by atoms with E-state index in [2.05, 4.69) is 6.58 Å². The van der Waals surface area contributed by atoms with E-state index in [1.54, 1.807) is 47.2 Å². The molecule has 0 aromatic heterocycles. The molecule has 0 aliphatic carbocycles. The summed E-state index contributed by atoms with van der Waals surface area (Å²) in [5, 5.41) is 10.2. The standard InChI is InChI=1S/C36H40FN3O5Si/c1-5-17-38-31-16-15-28(40(23-42)27-13-7-6-8-14-27)19-30(31)36(35(38)44)24(2)34(46(3,4)37)32(45-36)20-33(43)39-21-26-12-10-9-11-25(26)18-29(39)22-41/h5-16,19,23-24,29,32,34,41H,1,17-18,20-22H2,2-4H3/t24-,29-,32+,34-,36+/m0/s1. The fourth-order valence-corrected chi connectivity index (χ4v) is 10.4. The maximum atomic E-state index is 16.4. The van der Waals surface area contributed by atoms with Gasteiger partial charge in [0.25, 0.3) is 5.91 Å². The molecule has 10 heteroatoms. The molecule has 0 bridgehead atoms. The monoisotopic (exact) mass is 641 g/mol. The summed E-state index contributed by atoms with van der Waals surface area (Å²) in [6, 6.07) is 22.0. The van der Waals surface area contributed by atoms with E-state index in [4.69, 9.17) is 4.74 Å². The van der Waals surface area contributed by atoms with Gasteiger partial charge in [0.2, 0.25) is 20.7 Å². The lowest BCUT2D eigenvalue weighted by molar-refractivity contribution is -0.150. The zero-order valence-electron chi connectivity index (χ0n) is 26.4. The van der Waals surface area contributed by atoms with Crippen molar-refractivity contribution >= 4 is 43.7 Å². The minimum absolute atomic E-state index is 0.121. The number of amides is 3. The lowest BCUT2D eigenvalue weighted by atomic mass is 9.82. The van der Waals surface area contributed by atoms with Gasteiger partial charge in [-0.2, -0.15) is 0 Å². The Morgan fingerprint density at radius 3 is 2.46 bits per heavy atom. The zero-order valence-corrected chi connectivity index (χ0v) is 27.4. The molecule has 3 aliphatic heterocycles. The Balaban J connectivity index is 1.40. The van der Waals surface area contributed by atoms with Crippen LogP contribution in [0.2, 0.25) is 18.6 Å². The second-order valence-electron chi connectivity index (χ2n) is 13.0.